The number of aryl methyl sites for hydroxylation is 1. The normalized spacial score (nSPS) is 16.0. The molecule has 3 N–H and O–H groups in total. The van der Waals surface area contributed by atoms with Crippen molar-refractivity contribution in [1.82, 2.24) is 5.32 Å². The van der Waals surface area contributed by atoms with Gasteiger partial charge in [0.2, 0.25) is 11.8 Å². The fraction of sp³-hybridized carbons (Fsp3) is 0.318. The first-order valence-electron chi connectivity index (χ1n) is 9.78. The van der Waals surface area contributed by atoms with Crippen molar-refractivity contribution in [3.8, 4) is 0 Å². The number of urea groups is 1. The summed E-state index contributed by atoms with van der Waals surface area (Å²) in [6, 6.07) is 12.3. The molecule has 0 spiro atoms. The van der Waals surface area contributed by atoms with E-state index in [1.807, 2.05) is 39.0 Å². The molecule has 0 bridgehead atoms. The van der Waals surface area contributed by atoms with E-state index in [-0.39, 0.29) is 30.3 Å². The molecule has 0 radical (unpaired) electrons. The fourth-order valence-electron chi connectivity index (χ4n) is 3.29. The third kappa shape index (κ3) is 5.18. The van der Waals surface area contributed by atoms with Crippen LogP contribution in [0.4, 0.5) is 21.9 Å². The Morgan fingerprint density at radius 3 is 2.40 bits per heavy atom. The van der Waals surface area contributed by atoms with Crippen molar-refractivity contribution in [3.05, 3.63) is 52.5 Å². The lowest BCUT2D eigenvalue weighted by atomic mass is 10.1. The molecule has 1 heterocycles. The lowest BCUT2D eigenvalue weighted by molar-refractivity contribution is -0.122. The lowest BCUT2D eigenvalue weighted by Gasteiger charge is -2.18. The number of halogens is 1. The van der Waals surface area contributed by atoms with Gasteiger partial charge in [0.1, 0.15) is 0 Å². The molecular weight excluding hydrogens is 448 g/mol. The van der Waals surface area contributed by atoms with Crippen LogP contribution in [-0.2, 0) is 9.59 Å². The van der Waals surface area contributed by atoms with Crippen LogP contribution in [0.15, 0.2) is 46.9 Å². The Balaban J connectivity index is 1.69. The predicted octanol–water partition coefficient (Wildman–Crippen LogP) is 4.28. The van der Waals surface area contributed by atoms with E-state index in [0.29, 0.717) is 17.9 Å². The van der Waals surface area contributed by atoms with Gasteiger partial charge in [0.05, 0.1) is 17.3 Å². The number of rotatable bonds is 5. The first kappa shape index (κ1) is 21.8. The quantitative estimate of drug-likeness (QED) is 0.606. The number of carbonyl (C=O) groups is 3. The van der Waals surface area contributed by atoms with Crippen LogP contribution in [0.2, 0.25) is 0 Å². The van der Waals surface area contributed by atoms with Crippen LogP contribution in [-0.4, -0.2) is 30.4 Å². The average molecular weight is 473 g/mol. The third-order valence-electron chi connectivity index (χ3n) is 4.80. The molecule has 0 aliphatic carbocycles. The summed E-state index contributed by atoms with van der Waals surface area (Å²) in [7, 11) is 0. The first-order valence-corrected chi connectivity index (χ1v) is 10.6. The number of anilines is 3. The van der Waals surface area contributed by atoms with Crippen molar-refractivity contribution in [2.75, 3.05) is 22.1 Å². The van der Waals surface area contributed by atoms with Crippen molar-refractivity contribution >= 4 is 50.8 Å². The van der Waals surface area contributed by atoms with E-state index >= 15 is 0 Å². The number of hydrogen-bond donors (Lipinski definition) is 3. The summed E-state index contributed by atoms with van der Waals surface area (Å²) in [6.45, 7) is 6.00. The van der Waals surface area contributed by atoms with Gasteiger partial charge >= 0.3 is 6.03 Å². The molecule has 1 aliphatic heterocycles. The lowest BCUT2D eigenvalue weighted by Crippen LogP contribution is -2.34. The molecule has 8 heteroatoms. The molecule has 3 rings (SSSR count). The summed E-state index contributed by atoms with van der Waals surface area (Å²) in [5.41, 5.74) is 2.79. The second kappa shape index (κ2) is 9.30. The van der Waals surface area contributed by atoms with Gasteiger partial charge in [-0.25, -0.2) is 4.79 Å². The van der Waals surface area contributed by atoms with Gasteiger partial charge in [0, 0.05) is 29.2 Å². The highest BCUT2D eigenvalue weighted by molar-refractivity contribution is 9.10. The predicted molar refractivity (Wildman–Crippen MR) is 122 cm³/mol. The van der Waals surface area contributed by atoms with Gasteiger partial charge in [-0.2, -0.15) is 0 Å². The summed E-state index contributed by atoms with van der Waals surface area (Å²) in [4.78, 5) is 39.0. The molecule has 7 nitrogen and oxygen atoms in total. The molecule has 1 fully saturated rings. The summed E-state index contributed by atoms with van der Waals surface area (Å²) in [5, 5.41) is 8.35. The van der Waals surface area contributed by atoms with Gasteiger partial charge in [0.25, 0.3) is 0 Å². The Morgan fingerprint density at radius 1 is 1.10 bits per heavy atom. The third-order valence-corrected chi connectivity index (χ3v) is 5.69. The minimum atomic E-state index is -0.473. The maximum Gasteiger partial charge on any atom is 0.319 e. The fourth-order valence-corrected chi connectivity index (χ4v) is 3.53. The molecule has 1 aliphatic rings. The van der Waals surface area contributed by atoms with Gasteiger partial charge in [-0.15, -0.1) is 0 Å². The topological polar surface area (TPSA) is 90.5 Å². The number of nitrogens with zero attached hydrogens (tertiary/aromatic N) is 1. The summed E-state index contributed by atoms with van der Waals surface area (Å²) in [5.74, 6) is -0.809. The number of nitrogens with one attached hydrogen (secondary N) is 3. The van der Waals surface area contributed by atoms with Crippen LogP contribution >= 0.6 is 15.9 Å². The van der Waals surface area contributed by atoms with Gasteiger partial charge in [-0.05, 0) is 56.7 Å². The molecule has 158 valence electrons. The van der Waals surface area contributed by atoms with Crippen LogP contribution in [0.1, 0.15) is 25.8 Å². The smallest absolute Gasteiger partial charge is 0.319 e. The van der Waals surface area contributed by atoms with Crippen molar-refractivity contribution in [2.45, 2.75) is 33.2 Å². The van der Waals surface area contributed by atoms with Crippen molar-refractivity contribution < 1.29 is 14.4 Å². The van der Waals surface area contributed by atoms with Crippen LogP contribution in [0.3, 0.4) is 0 Å². The molecule has 1 atom stereocenters. The highest BCUT2D eigenvalue weighted by atomic mass is 79.9. The molecule has 2 aromatic rings. The SMILES string of the molecule is Cc1cc(N2CC(C(=O)Nc3ccccc3NC(=O)NC(C)C)CC2=O)ccc1Br. The van der Waals surface area contributed by atoms with E-state index in [9.17, 15) is 14.4 Å². The zero-order valence-electron chi connectivity index (χ0n) is 17.2. The number of hydrogen-bond acceptors (Lipinski definition) is 3. The maximum absolute atomic E-state index is 12.8. The molecule has 4 amide bonds. The minimum absolute atomic E-state index is 0.00974. The van der Waals surface area contributed by atoms with Crippen LogP contribution in [0.5, 0.6) is 0 Å². The minimum Gasteiger partial charge on any atom is -0.336 e. The van der Waals surface area contributed by atoms with E-state index in [1.54, 1.807) is 29.2 Å². The molecular formula is C22H25BrN4O3. The van der Waals surface area contributed by atoms with Crippen LogP contribution in [0.25, 0.3) is 0 Å². The van der Waals surface area contributed by atoms with Crippen LogP contribution < -0.4 is 20.9 Å². The Morgan fingerprint density at radius 2 is 1.77 bits per heavy atom. The van der Waals surface area contributed by atoms with E-state index in [2.05, 4.69) is 31.9 Å². The molecule has 1 unspecified atom stereocenters. The zero-order valence-corrected chi connectivity index (χ0v) is 18.7. The van der Waals surface area contributed by atoms with Gasteiger partial charge in [0.15, 0.2) is 0 Å². The van der Waals surface area contributed by atoms with Crippen molar-refractivity contribution in [2.24, 2.45) is 5.92 Å². The maximum atomic E-state index is 12.8. The largest absolute Gasteiger partial charge is 0.336 e. The van der Waals surface area contributed by atoms with E-state index in [0.717, 1.165) is 15.7 Å². The average Bonchev–Trinajstić information content (AvgIpc) is 3.07. The Bertz CT molecular complexity index is 977. The van der Waals surface area contributed by atoms with Crippen molar-refractivity contribution in [3.63, 3.8) is 0 Å². The van der Waals surface area contributed by atoms with E-state index in [4.69, 9.17) is 0 Å². The molecule has 0 saturated carbocycles. The monoisotopic (exact) mass is 472 g/mol. The summed E-state index contributed by atoms with van der Waals surface area (Å²) < 4.78 is 0.970. The second-order valence-electron chi connectivity index (χ2n) is 7.63. The van der Waals surface area contributed by atoms with E-state index in [1.165, 1.54) is 0 Å². The number of benzene rings is 2. The van der Waals surface area contributed by atoms with Gasteiger partial charge < -0.3 is 20.9 Å². The molecule has 2 aromatic carbocycles. The number of amides is 4. The molecule has 30 heavy (non-hydrogen) atoms. The second-order valence-corrected chi connectivity index (χ2v) is 8.48. The standard InChI is InChI=1S/C22H25BrN4O3/c1-13(2)24-22(30)26-19-7-5-4-6-18(19)25-21(29)15-11-20(28)27(12-15)16-8-9-17(23)14(3)10-16/h4-10,13,15H,11-12H2,1-3H3,(H,25,29)(H2,24,26,30). The number of carbonyl (C=O) groups excluding carboxylic acids is 3. The highest BCUT2D eigenvalue weighted by Crippen LogP contribution is 2.30. The Kier molecular flexibility index (Phi) is 6.77. The van der Waals surface area contributed by atoms with Gasteiger partial charge in [-0.3, -0.25) is 9.59 Å². The summed E-state index contributed by atoms with van der Waals surface area (Å²) in [6.07, 6.45) is 0.143. The Hall–Kier alpha value is -2.87. The van der Waals surface area contributed by atoms with Gasteiger partial charge in [-0.1, -0.05) is 28.1 Å². The van der Waals surface area contributed by atoms with Crippen LogP contribution in [0, 0.1) is 12.8 Å². The molecule has 0 aromatic heterocycles. The summed E-state index contributed by atoms with van der Waals surface area (Å²) >= 11 is 3.46. The van der Waals surface area contributed by atoms with Crippen molar-refractivity contribution in [1.29, 1.82) is 0 Å². The highest BCUT2D eigenvalue weighted by Gasteiger charge is 2.35. The Labute approximate surface area is 184 Å². The van der Waals surface area contributed by atoms with E-state index < -0.39 is 5.92 Å². The zero-order chi connectivity index (χ0) is 21.8. The molecule has 1 saturated heterocycles. The first-order chi connectivity index (χ1) is 14.2. The number of para-hydroxylation sites is 2.